The monoisotopic (exact) mass is 423 g/mol. The van der Waals surface area contributed by atoms with Gasteiger partial charge in [0.25, 0.3) is 11.6 Å². The number of hydrogen-bond donors (Lipinski definition) is 0. The molecule has 3 heterocycles. The van der Waals surface area contributed by atoms with Gasteiger partial charge in [-0.2, -0.15) is 0 Å². The smallest absolute Gasteiger partial charge is 0.269 e. The first kappa shape index (κ1) is 19.0. The van der Waals surface area contributed by atoms with E-state index < -0.39 is 4.92 Å². The molecule has 0 saturated carbocycles. The second-order valence-corrected chi connectivity index (χ2v) is 7.81. The molecule has 1 aliphatic heterocycles. The average molecular weight is 423 g/mol. The first-order chi connectivity index (χ1) is 14.0. The zero-order valence-electron chi connectivity index (χ0n) is 14.8. The number of non-ortho nitro benzene ring substituents is 1. The minimum Gasteiger partial charge on any atom is -0.457 e. The molecule has 144 valence electrons. The quantitative estimate of drug-likeness (QED) is 0.255. The number of carbonyl (C=O) groups excluding carboxylic acids is 1. The number of hydrogen-bond acceptors (Lipinski definition) is 7. The van der Waals surface area contributed by atoms with Crippen LogP contribution in [0.25, 0.3) is 17.4 Å². The predicted octanol–water partition coefficient (Wildman–Crippen LogP) is 4.65. The molecule has 1 fully saturated rings. The minimum atomic E-state index is -0.454. The Morgan fingerprint density at radius 2 is 2.00 bits per heavy atom. The first-order valence-corrected chi connectivity index (χ1v) is 9.73. The maximum atomic E-state index is 12.7. The van der Waals surface area contributed by atoms with E-state index in [2.05, 4.69) is 4.98 Å². The molecule has 7 nitrogen and oxygen atoms in total. The fourth-order valence-electron chi connectivity index (χ4n) is 2.77. The number of nitrogens with zero attached hydrogens (tertiary/aromatic N) is 3. The van der Waals surface area contributed by atoms with Crippen LogP contribution in [0.1, 0.15) is 11.3 Å². The number of thioether (sulfide) groups is 1. The normalized spacial score (nSPS) is 15.3. The van der Waals surface area contributed by atoms with Crippen LogP contribution in [0.4, 0.5) is 5.69 Å². The van der Waals surface area contributed by atoms with Crippen molar-refractivity contribution in [2.45, 2.75) is 6.54 Å². The Morgan fingerprint density at radius 3 is 2.69 bits per heavy atom. The highest BCUT2D eigenvalue weighted by molar-refractivity contribution is 8.26. The summed E-state index contributed by atoms with van der Waals surface area (Å²) in [6.45, 7) is 0.363. The molecule has 9 heteroatoms. The molecule has 1 amide bonds. The van der Waals surface area contributed by atoms with Crippen LogP contribution in [0.5, 0.6) is 0 Å². The van der Waals surface area contributed by atoms with Gasteiger partial charge in [-0.25, -0.2) is 0 Å². The SMILES string of the molecule is O=C1/C(=C/c2ccc(-c3ccc([N+](=O)[O-])cc3)o2)SC(=S)N1Cc1cccnc1. The highest BCUT2D eigenvalue weighted by atomic mass is 32.2. The lowest BCUT2D eigenvalue weighted by Gasteiger charge is -2.13. The van der Waals surface area contributed by atoms with Gasteiger partial charge < -0.3 is 4.42 Å². The molecule has 1 aromatic carbocycles. The number of carbonyl (C=O) groups is 1. The lowest BCUT2D eigenvalue weighted by atomic mass is 10.1. The van der Waals surface area contributed by atoms with E-state index in [1.807, 2.05) is 12.1 Å². The average Bonchev–Trinajstić information content (AvgIpc) is 3.29. The van der Waals surface area contributed by atoms with E-state index in [1.165, 1.54) is 28.8 Å². The molecule has 0 radical (unpaired) electrons. The van der Waals surface area contributed by atoms with Gasteiger partial charge in [-0.15, -0.1) is 0 Å². The Kier molecular flexibility index (Phi) is 5.24. The van der Waals surface area contributed by atoms with E-state index in [9.17, 15) is 14.9 Å². The molecule has 29 heavy (non-hydrogen) atoms. The van der Waals surface area contributed by atoms with Crippen LogP contribution in [-0.2, 0) is 11.3 Å². The van der Waals surface area contributed by atoms with Gasteiger partial charge in [-0.05, 0) is 35.9 Å². The zero-order chi connectivity index (χ0) is 20.4. The highest BCUT2D eigenvalue weighted by Gasteiger charge is 2.32. The number of rotatable bonds is 5. The molecular weight excluding hydrogens is 410 g/mol. The van der Waals surface area contributed by atoms with Gasteiger partial charge in [0, 0.05) is 36.2 Å². The summed E-state index contributed by atoms with van der Waals surface area (Å²) in [5.41, 5.74) is 1.61. The maximum absolute atomic E-state index is 12.7. The van der Waals surface area contributed by atoms with Crippen LogP contribution in [0.3, 0.4) is 0 Å². The molecule has 0 unspecified atom stereocenters. The van der Waals surface area contributed by atoms with E-state index in [-0.39, 0.29) is 11.6 Å². The van der Waals surface area contributed by atoms with Crippen molar-refractivity contribution in [2.24, 2.45) is 0 Å². The van der Waals surface area contributed by atoms with Crippen molar-refractivity contribution in [1.82, 2.24) is 9.88 Å². The Hall–Kier alpha value is -3.30. The summed E-state index contributed by atoms with van der Waals surface area (Å²) < 4.78 is 6.26. The molecule has 0 aliphatic carbocycles. The summed E-state index contributed by atoms with van der Waals surface area (Å²) >= 11 is 6.57. The number of amides is 1. The van der Waals surface area contributed by atoms with Gasteiger partial charge in [0.05, 0.1) is 16.4 Å². The van der Waals surface area contributed by atoms with Crippen molar-refractivity contribution in [3.8, 4) is 11.3 Å². The number of aromatic nitrogens is 1. The van der Waals surface area contributed by atoms with E-state index >= 15 is 0 Å². The minimum absolute atomic E-state index is 0.0119. The number of benzene rings is 1. The van der Waals surface area contributed by atoms with Gasteiger partial charge in [-0.3, -0.25) is 24.8 Å². The molecule has 0 spiro atoms. The largest absolute Gasteiger partial charge is 0.457 e. The van der Waals surface area contributed by atoms with Crippen LogP contribution in [0, 0.1) is 10.1 Å². The van der Waals surface area contributed by atoms with Crippen molar-refractivity contribution in [3.05, 3.63) is 87.3 Å². The fourth-order valence-corrected chi connectivity index (χ4v) is 4.01. The summed E-state index contributed by atoms with van der Waals surface area (Å²) in [6, 6.07) is 13.3. The van der Waals surface area contributed by atoms with Crippen LogP contribution < -0.4 is 0 Å². The Balaban J connectivity index is 1.52. The molecular formula is C20H13N3O4S2. The summed E-state index contributed by atoms with van der Waals surface area (Å²) in [5, 5.41) is 10.8. The number of furan rings is 1. The lowest BCUT2D eigenvalue weighted by Crippen LogP contribution is -2.27. The number of nitro benzene ring substituents is 1. The molecule has 2 aromatic heterocycles. The van der Waals surface area contributed by atoms with Crippen LogP contribution >= 0.6 is 24.0 Å². The summed E-state index contributed by atoms with van der Waals surface area (Å²) in [6.07, 6.45) is 5.02. The third-order valence-corrected chi connectivity index (χ3v) is 5.58. The predicted molar refractivity (Wildman–Crippen MR) is 114 cm³/mol. The molecule has 4 rings (SSSR count). The van der Waals surface area contributed by atoms with Gasteiger partial charge in [0.2, 0.25) is 0 Å². The fraction of sp³-hybridized carbons (Fsp3) is 0.0500. The number of pyridine rings is 1. The Bertz CT molecular complexity index is 1120. The molecule has 1 aliphatic rings. The van der Waals surface area contributed by atoms with E-state index in [1.54, 1.807) is 42.7 Å². The van der Waals surface area contributed by atoms with Crippen molar-refractivity contribution in [2.75, 3.05) is 0 Å². The standard InChI is InChI=1S/C20H13N3O4S2/c24-19-18(29-20(28)22(19)12-13-2-1-9-21-11-13)10-16-7-8-17(27-16)14-3-5-15(6-4-14)23(25)26/h1-11H,12H2/b18-10-. The molecule has 1 saturated heterocycles. The van der Waals surface area contributed by atoms with Crippen molar-refractivity contribution < 1.29 is 14.1 Å². The van der Waals surface area contributed by atoms with Crippen LogP contribution in [0.2, 0.25) is 0 Å². The van der Waals surface area contributed by atoms with Crippen molar-refractivity contribution in [1.29, 1.82) is 0 Å². The first-order valence-electron chi connectivity index (χ1n) is 8.50. The Morgan fingerprint density at radius 1 is 1.21 bits per heavy atom. The van der Waals surface area contributed by atoms with Crippen LogP contribution in [0.15, 0.2) is 70.2 Å². The molecule has 0 N–H and O–H groups in total. The Labute approximate surface area is 175 Å². The second kappa shape index (κ2) is 7.98. The van der Waals surface area contributed by atoms with Crippen LogP contribution in [-0.4, -0.2) is 25.0 Å². The third kappa shape index (κ3) is 4.10. The summed E-state index contributed by atoms with van der Waals surface area (Å²) in [7, 11) is 0. The molecule has 0 atom stereocenters. The van der Waals surface area contributed by atoms with Gasteiger partial charge in [0.15, 0.2) is 0 Å². The van der Waals surface area contributed by atoms with Crippen molar-refractivity contribution in [3.63, 3.8) is 0 Å². The van der Waals surface area contributed by atoms with E-state index in [0.29, 0.717) is 32.9 Å². The van der Waals surface area contributed by atoms with E-state index in [4.69, 9.17) is 16.6 Å². The number of thiocarbonyl (C=S) groups is 1. The summed E-state index contributed by atoms with van der Waals surface area (Å²) in [4.78, 5) is 29.1. The topological polar surface area (TPSA) is 89.5 Å². The summed E-state index contributed by atoms with van der Waals surface area (Å²) in [5.74, 6) is 0.870. The lowest BCUT2D eigenvalue weighted by molar-refractivity contribution is -0.384. The van der Waals surface area contributed by atoms with Crippen molar-refractivity contribution >= 4 is 46.0 Å². The van der Waals surface area contributed by atoms with Gasteiger partial charge in [-0.1, -0.05) is 30.0 Å². The third-order valence-electron chi connectivity index (χ3n) is 4.20. The zero-order valence-corrected chi connectivity index (χ0v) is 16.5. The van der Waals surface area contributed by atoms with Gasteiger partial charge in [0.1, 0.15) is 15.8 Å². The van der Waals surface area contributed by atoms with Gasteiger partial charge >= 0.3 is 0 Å². The number of nitro groups is 1. The van der Waals surface area contributed by atoms with E-state index in [0.717, 1.165) is 5.56 Å². The molecule has 3 aromatic rings. The maximum Gasteiger partial charge on any atom is 0.269 e. The molecule has 0 bridgehead atoms. The second-order valence-electron chi connectivity index (χ2n) is 6.14. The highest BCUT2D eigenvalue weighted by Crippen LogP contribution is 2.34.